The van der Waals surface area contributed by atoms with Gasteiger partial charge >= 0.3 is 0 Å². The number of amides is 2. The van der Waals surface area contributed by atoms with Crippen molar-refractivity contribution in [2.24, 2.45) is 0 Å². The third-order valence-electron chi connectivity index (χ3n) is 6.80. The fraction of sp³-hybridized carbons (Fsp3) is 0.417. The number of likely N-dealkylation sites (tertiary alicyclic amines) is 1. The van der Waals surface area contributed by atoms with E-state index in [9.17, 15) is 22.8 Å². The van der Waals surface area contributed by atoms with E-state index in [2.05, 4.69) is 30.8 Å². The summed E-state index contributed by atoms with van der Waals surface area (Å²) < 4.78 is 41.5. The van der Waals surface area contributed by atoms with Crippen molar-refractivity contribution in [3.63, 3.8) is 0 Å². The van der Waals surface area contributed by atoms with Crippen LogP contribution in [0.5, 0.6) is 0 Å². The van der Waals surface area contributed by atoms with E-state index < -0.39 is 30.8 Å². The molecule has 1 aliphatic heterocycles. The van der Waals surface area contributed by atoms with Crippen molar-refractivity contribution in [2.75, 3.05) is 18.4 Å². The van der Waals surface area contributed by atoms with Gasteiger partial charge in [0.05, 0.1) is 18.8 Å². The quantitative estimate of drug-likeness (QED) is 0.408. The lowest BCUT2D eigenvalue weighted by atomic mass is 9.66. The van der Waals surface area contributed by atoms with Crippen LogP contribution in [0.25, 0.3) is 10.7 Å². The second kappa shape index (κ2) is 10.0. The van der Waals surface area contributed by atoms with Gasteiger partial charge in [-0.1, -0.05) is 6.42 Å². The number of thiazole rings is 1. The Morgan fingerprint density at radius 2 is 2.05 bits per heavy atom. The summed E-state index contributed by atoms with van der Waals surface area (Å²) in [5.74, 6) is -3.47. The monoisotopic (exact) mass is 531 g/mol. The molecule has 1 saturated carbocycles. The fourth-order valence-electron chi connectivity index (χ4n) is 4.67. The summed E-state index contributed by atoms with van der Waals surface area (Å²) in [6.07, 6.45) is 5.44. The van der Waals surface area contributed by atoms with Gasteiger partial charge in [0.15, 0.2) is 0 Å². The SMILES string of the molecule is O=CN1CC(F)(F)C[C@H]1C(=O)NCc1cnc(-c2ccc(NCC3(c4ncccc4F)CCC3)nn2)s1. The summed E-state index contributed by atoms with van der Waals surface area (Å²) in [4.78, 5) is 33.5. The van der Waals surface area contributed by atoms with Gasteiger partial charge in [-0.3, -0.25) is 14.6 Å². The maximum atomic E-state index is 14.3. The Labute approximate surface area is 214 Å². The van der Waals surface area contributed by atoms with E-state index >= 15 is 0 Å². The number of aromatic nitrogens is 4. The average molecular weight is 532 g/mol. The maximum Gasteiger partial charge on any atom is 0.267 e. The zero-order valence-electron chi connectivity index (χ0n) is 19.7. The Hall–Kier alpha value is -3.61. The van der Waals surface area contributed by atoms with E-state index in [1.165, 1.54) is 17.4 Å². The summed E-state index contributed by atoms with van der Waals surface area (Å²) in [6.45, 7) is -0.182. The van der Waals surface area contributed by atoms with Crippen LogP contribution < -0.4 is 10.6 Å². The largest absolute Gasteiger partial charge is 0.368 e. The molecule has 9 nitrogen and oxygen atoms in total. The topological polar surface area (TPSA) is 113 Å². The number of nitrogens with zero attached hydrogens (tertiary/aromatic N) is 5. The van der Waals surface area contributed by atoms with E-state index in [0.717, 1.165) is 24.2 Å². The van der Waals surface area contributed by atoms with Crippen molar-refractivity contribution in [3.8, 4) is 10.7 Å². The first kappa shape index (κ1) is 25.1. The van der Waals surface area contributed by atoms with Crippen molar-refractivity contribution in [1.29, 1.82) is 0 Å². The van der Waals surface area contributed by atoms with Crippen LogP contribution in [0.1, 0.15) is 36.3 Å². The van der Waals surface area contributed by atoms with E-state index in [1.54, 1.807) is 30.6 Å². The van der Waals surface area contributed by atoms with Crippen LogP contribution in [0.3, 0.4) is 0 Å². The Balaban J connectivity index is 1.17. The Morgan fingerprint density at radius 1 is 1.22 bits per heavy atom. The van der Waals surface area contributed by atoms with Crippen LogP contribution in [-0.4, -0.2) is 62.4 Å². The summed E-state index contributed by atoms with van der Waals surface area (Å²) in [7, 11) is 0. The average Bonchev–Trinajstić information content (AvgIpc) is 3.47. The predicted molar refractivity (Wildman–Crippen MR) is 129 cm³/mol. The lowest BCUT2D eigenvalue weighted by Gasteiger charge is -2.41. The predicted octanol–water partition coefficient (Wildman–Crippen LogP) is 3.15. The summed E-state index contributed by atoms with van der Waals surface area (Å²) in [5.41, 5.74) is 0.642. The molecule has 3 aromatic rings. The molecule has 2 fully saturated rings. The maximum absolute atomic E-state index is 14.3. The van der Waals surface area contributed by atoms with Gasteiger partial charge in [0, 0.05) is 35.7 Å². The van der Waals surface area contributed by atoms with E-state index in [0.29, 0.717) is 33.6 Å². The molecule has 0 aromatic carbocycles. The molecule has 0 bridgehead atoms. The van der Waals surface area contributed by atoms with Crippen LogP contribution in [0.4, 0.5) is 19.0 Å². The third-order valence-corrected chi connectivity index (χ3v) is 7.82. The third kappa shape index (κ3) is 5.26. The lowest BCUT2D eigenvalue weighted by molar-refractivity contribution is -0.131. The standard InChI is InChI=1S/C24H24F3N7O2S/c25-16-3-1-8-28-20(16)23(6-2-7-23)12-31-19-5-4-17(32-33-19)22-30-11-15(37-22)10-29-21(36)18-9-24(26,27)13-34(18)14-35/h1,3-5,8,11,14,18H,2,6-7,9-10,12-13H2,(H,29,36)(H,31,33)/t18-/m0/s1. The van der Waals surface area contributed by atoms with Gasteiger partial charge in [-0.25, -0.2) is 18.2 Å². The van der Waals surface area contributed by atoms with Gasteiger partial charge in [0.2, 0.25) is 12.3 Å². The summed E-state index contributed by atoms with van der Waals surface area (Å²) >= 11 is 1.28. The molecule has 1 aliphatic carbocycles. The molecule has 0 radical (unpaired) electrons. The molecular weight excluding hydrogens is 507 g/mol. The van der Waals surface area contributed by atoms with Crippen molar-refractivity contribution < 1.29 is 22.8 Å². The van der Waals surface area contributed by atoms with Gasteiger partial charge < -0.3 is 15.5 Å². The summed E-state index contributed by atoms with van der Waals surface area (Å²) in [6, 6.07) is 5.34. The molecule has 5 rings (SSSR count). The number of alkyl halides is 2. The minimum absolute atomic E-state index is 0.0878. The molecule has 0 spiro atoms. The second-order valence-corrected chi connectivity index (χ2v) is 10.4. The fourth-order valence-corrected chi connectivity index (χ4v) is 5.49. The van der Waals surface area contributed by atoms with Crippen LogP contribution in [0, 0.1) is 5.82 Å². The highest BCUT2D eigenvalue weighted by Gasteiger charge is 2.47. The van der Waals surface area contributed by atoms with Gasteiger partial charge in [0.1, 0.15) is 28.4 Å². The normalized spacial score (nSPS) is 19.8. The number of rotatable bonds is 9. The zero-order chi connectivity index (χ0) is 26.0. The smallest absolute Gasteiger partial charge is 0.267 e. The van der Waals surface area contributed by atoms with Crippen LogP contribution in [0.15, 0.2) is 36.7 Å². The van der Waals surface area contributed by atoms with Gasteiger partial charge in [-0.2, -0.15) is 0 Å². The highest BCUT2D eigenvalue weighted by Crippen LogP contribution is 2.43. The number of carbonyl (C=O) groups is 2. The van der Waals surface area contributed by atoms with Gasteiger partial charge in [-0.15, -0.1) is 21.5 Å². The molecule has 13 heteroatoms. The summed E-state index contributed by atoms with van der Waals surface area (Å²) in [5, 5.41) is 14.9. The van der Waals surface area contributed by atoms with Crippen LogP contribution in [-0.2, 0) is 21.5 Å². The number of hydrogen-bond acceptors (Lipinski definition) is 8. The number of hydrogen-bond donors (Lipinski definition) is 2. The van der Waals surface area contributed by atoms with Crippen molar-refractivity contribution in [3.05, 3.63) is 53.0 Å². The molecule has 1 saturated heterocycles. The first-order valence-electron chi connectivity index (χ1n) is 11.8. The molecule has 2 aliphatic rings. The zero-order valence-corrected chi connectivity index (χ0v) is 20.5. The molecule has 3 aromatic heterocycles. The highest BCUT2D eigenvalue weighted by molar-refractivity contribution is 7.15. The lowest BCUT2D eigenvalue weighted by Crippen LogP contribution is -2.42. The highest BCUT2D eigenvalue weighted by atomic mass is 32.1. The van der Waals surface area contributed by atoms with Crippen molar-refractivity contribution in [1.82, 2.24) is 30.4 Å². The van der Waals surface area contributed by atoms with E-state index in [4.69, 9.17) is 0 Å². The van der Waals surface area contributed by atoms with Crippen LogP contribution >= 0.6 is 11.3 Å². The van der Waals surface area contributed by atoms with Gasteiger partial charge in [-0.05, 0) is 37.1 Å². The first-order chi connectivity index (χ1) is 17.8. The number of anilines is 1. The van der Waals surface area contributed by atoms with Crippen molar-refractivity contribution in [2.45, 2.75) is 49.6 Å². The number of pyridine rings is 1. The number of carbonyl (C=O) groups excluding carboxylic acids is 2. The second-order valence-electron chi connectivity index (χ2n) is 9.33. The van der Waals surface area contributed by atoms with Gasteiger partial charge in [0.25, 0.3) is 5.92 Å². The van der Waals surface area contributed by atoms with Crippen LogP contribution in [0.2, 0.25) is 0 Å². The molecule has 194 valence electrons. The minimum Gasteiger partial charge on any atom is -0.368 e. The minimum atomic E-state index is -3.08. The van der Waals surface area contributed by atoms with E-state index in [1.807, 2.05) is 0 Å². The first-order valence-corrected chi connectivity index (χ1v) is 12.6. The molecule has 0 unspecified atom stereocenters. The Morgan fingerprint density at radius 3 is 2.73 bits per heavy atom. The Kier molecular flexibility index (Phi) is 6.80. The van der Waals surface area contributed by atoms with Crippen molar-refractivity contribution >= 4 is 29.5 Å². The molecule has 2 amide bonds. The number of nitrogens with one attached hydrogen (secondary N) is 2. The molecule has 2 N–H and O–H groups in total. The molecule has 4 heterocycles. The molecule has 1 atom stereocenters. The molecular formula is C24H24F3N7O2S. The van der Waals surface area contributed by atoms with E-state index in [-0.39, 0.29) is 24.2 Å². The molecule has 37 heavy (non-hydrogen) atoms. The number of halogens is 3. The Bertz CT molecular complexity index is 1280.